The minimum Gasteiger partial charge on any atom is -0.478 e. The van der Waals surface area contributed by atoms with E-state index in [-0.39, 0.29) is 11.3 Å². The monoisotopic (exact) mass is 220 g/mol. The van der Waals surface area contributed by atoms with Gasteiger partial charge < -0.3 is 5.11 Å². The van der Waals surface area contributed by atoms with E-state index in [0.29, 0.717) is 17.5 Å². The summed E-state index contributed by atoms with van der Waals surface area (Å²) in [6.07, 6.45) is 1.14. The van der Waals surface area contributed by atoms with Crippen molar-refractivity contribution in [2.24, 2.45) is 0 Å². The number of hydrogen-bond acceptors (Lipinski definition) is 2. The maximum Gasteiger partial charge on any atom is 0.335 e. The Kier molecular flexibility index (Phi) is 3.82. The van der Waals surface area contributed by atoms with Gasteiger partial charge in [0.05, 0.1) is 5.56 Å². The molecule has 0 heterocycles. The Morgan fingerprint density at radius 1 is 1.25 bits per heavy atom. The van der Waals surface area contributed by atoms with Crippen molar-refractivity contribution in [2.45, 2.75) is 33.6 Å². The van der Waals surface area contributed by atoms with Crippen LogP contribution in [0.3, 0.4) is 0 Å². The molecule has 0 unspecified atom stereocenters. The van der Waals surface area contributed by atoms with Crippen LogP contribution in [0.4, 0.5) is 0 Å². The molecule has 86 valence electrons. The average Bonchev–Trinajstić information content (AvgIpc) is 2.26. The number of carboxylic acid groups (broad SMARTS) is 1. The quantitative estimate of drug-likeness (QED) is 0.794. The summed E-state index contributed by atoms with van der Waals surface area (Å²) in [6, 6.07) is 3.31. The standard InChI is InChI=1S/C13H16O3/c1-4-9-6-7-10(13(15)16)8(3)12(9)11(14)5-2/h6-7H,4-5H2,1-3H3,(H,15,16). The van der Waals surface area contributed by atoms with Crippen LogP contribution in [0.5, 0.6) is 0 Å². The molecule has 3 heteroatoms. The Balaban J connectivity index is 3.46. The zero-order valence-electron chi connectivity index (χ0n) is 9.83. The molecule has 0 atom stereocenters. The Bertz CT molecular complexity index is 433. The van der Waals surface area contributed by atoms with Crippen LogP contribution < -0.4 is 0 Å². The van der Waals surface area contributed by atoms with E-state index < -0.39 is 5.97 Å². The van der Waals surface area contributed by atoms with Crippen LogP contribution >= 0.6 is 0 Å². The van der Waals surface area contributed by atoms with E-state index in [2.05, 4.69) is 0 Å². The van der Waals surface area contributed by atoms with Gasteiger partial charge in [-0.15, -0.1) is 0 Å². The molecule has 3 nitrogen and oxygen atoms in total. The van der Waals surface area contributed by atoms with E-state index in [1.807, 2.05) is 6.92 Å². The number of Topliss-reactive ketones (excluding diaryl/α,β-unsaturated/α-hetero) is 1. The third-order valence-electron chi connectivity index (χ3n) is 2.76. The molecule has 0 saturated heterocycles. The number of benzene rings is 1. The van der Waals surface area contributed by atoms with Crippen molar-refractivity contribution in [3.8, 4) is 0 Å². The van der Waals surface area contributed by atoms with Gasteiger partial charge in [-0.05, 0) is 30.5 Å². The van der Waals surface area contributed by atoms with Crippen molar-refractivity contribution in [2.75, 3.05) is 0 Å². The number of aromatic carboxylic acids is 1. The SMILES string of the molecule is CCC(=O)c1c(CC)ccc(C(=O)O)c1C. The highest BCUT2D eigenvalue weighted by atomic mass is 16.4. The zero-order chi connectivity index (χ0) is 12.3. The topological polar surface area (TPSA) is 54.4 Å². The van der Waals surface area contributed by atoms with Gasteiger partial charge >= 0.3 is 5.97 Å². The molecule has 0 aliphatic rings. The maximum absolute atomic E-state index is 11.8. The van der Waals surface area contributed by atoms with E-state index in [9.17, 15) is 9.59 Å². The predicted molar refractivity (Wildman–Crippen MR) is 62.1 cm³/mol. The maximum atomic E-state index is 11.8. The molecule has 0 spiro atoms. The first-order valence-corrected chi connectivity index (χ1v) is 5.41. The summed E-state index contributed by atoms with van der Waals surface area (Å²) >= 11 is 0. The molecule has 1 aromatic rings. The molecule has 0 bridgehead atoms. The first-order chi connectivity index (χ1) is 7.52. The number of carboxylic acids is 1. The smallest absolute Gasteiger partial charge is 0.335 e. The minimum atomic E-state index is -0.981. The summed E-state index contributed by atoms with van der Waals surface area (Å²) < 4.78 is 0. The third-order valence-corrected chi connectivity index (χ3v) is 2.76. The van der Waals surface area contributed by atoms with Crippen molar-refractivity contribution in [3.05, 3.63) is 34.4 Å². The normalized spacial score (nSPS) is 10.2. The molecule has 0 aliphatic carbocycles. The molecule has 1 N–H and O–H groups in total. The molecule has 16 heavy (non-hydrogen) atoms. The summed E-state index contributed by atoms with van der Waals surface area (Å²) in [6.45, 7) is 5.45. The van der Waals surface area contributed by atoms with Crippen molar-refractivity contribution in [1.82, 2.24) is 0 Å². The Hall–Kier alpha value is -1.64. The van der Waals surface area contributed by atoms with E-state index in [1.54, 1.807) is 26.0 Å². The number of hydrogen-bond donors (Lipinski definition) is 1. The lowest BCUT2D eigenvalue weighted by Crippen LogP contribution is -2.10. The van der Waals surface area contributed by atoms with E-state index in [4.69, 9.17) is 5.11 Å². The lowest BCUT2D eigenvalue weighted by atomic mass is 9.92. The van der Waals surface area contributed by atoms with Crippen LogP contribution in [0.1, 0.15) is 52.1 Å². The first kappa shape index (κ1) is 12.4. The molecule has 0 amide bonds. The van der Waals surface area contributed by atoms with Crippen molar-refractivity contribution in [3.63, 3.8) is 0 Å². The average molecular weight is 220 g/mol. The Labute approximate surface area is 95.1 Å². The molecular weight excluding hydrogens is 204 g/mol. The van der Waals surface area contributed by atoms with Crippen LogP contribution in [-0.4, -0.2) is 16.9 Å². The highest BCUT2D eigenvalue weighted by Crippen LogP contribution is 2.21. The van der Waals surface area contributed by atoms with Crippen molar-refractivity contribution in [1.29, 1.82) is 0 Å². The van der Waals surface area contributed by atoms with E-state index >= 15 is 0 Å². The van der Waals surface area contributed by atoms with E-state index in [1.165, 1.54) is 0 Å². The second kappa shape index (κ2) is 4.92. The van der Waals surface area contributed by atoms with E-state index in [0.717, 1.165) is 12.0 Å². The van der Waals surface area contributed by atoms with Gasteiger partial charge in [-0.2, -0.15) is 0 Å². The first-order valence-electron chi connectivity index (χ1n) is 5.41. The summed E-state index contributed by atoms with van der Waals surface area (Å²) in [4.78, 5) is 22.8. The van der Waals surface area contributed by atoms with Crippen LogP contribution in [0.2, 0.25) is 0 Å². The number of ketones is 1. The summed E-state index contributed by atoms with van der Waals surface area (Å²) in [5.74, 6) is -0.970. The number of carbonyl (C=O) groups excluding carboxylic acids is 1. The molecule has 0 aromatic heterocycles. The Morgan fingerprint density at radius 2 is 1.88 bits per heavy atom. The highest BCUT2D eigenvalue weighted by molar-refractivity contribution is 6.02. The van der Waals surface area contributed by atoms with Crippen molar-refractivity contribution < 1.29 is 14.7 Å². The molecule has 0 radical (unpaired) electrons. The fourth-order valence-electron chi connectivity index (χ4n) is 1.86. The Morgan fingerprint density at radius 3 is 2.31 bits per heavy atom. The number of carbonyl (C=O) groups is 2. The molecule has 1 rings (SSSR count). The molecular formula is C13H16O3. The molecule has 0 aliphatic heterocycles. The lowest BCUT2D eigenvalue weighted by Gasteiger charge is -2.11. The second-order valence-corrected chi connectivity index (χ2v) is 3.71. The molecule has 1 aromatic carbocycles. The lowest BCUT2D eigenvalue weighted by molar-refractivity contribution is 0.0696. The zero-order valence-corrected chi connectivity index (χ0v) is 9.83. The highest BCUT2D eigenvalue weighted by Gasteiger charge is 2.17. The predicted octanol–water partition coefficient (Wildman–Crippen LogP) is 2.85. The van der Waals surface area contributed by atoms with Crippen LogP contribution in [0, 0.1) is 6.92 Å². The van der Waals surface area contributed by atoms with Crippen LogP contribution in [0.25, 0.3) is 0 Å². The largest absolute Gasteiger partial charge is 0.478 e. The number of aryl methyl sites for hydroxylation is 1. The van der Waals surface area contributed by atoms with Gasteiger partial charge in [0.2, 0.25) is 0 Å². The van der Waals surface area contributed by atoms with Crippen LogP contribution in [0.15, 0.2) is 12.1 Å². The molecule has 0 fully saturated rings. The fourth-order valence-corrected chi connectivity index (χ4v) is 1.86. The second-order valence-electron chi connectivity index (χ2n) is 3.71. The van der Waals surface area contributed by atoms with Gasteiger partial charge in [0.1, 0.15) is 0 Å². The number of rotatable bonds is 4. The van der Waals surface area contributed by atoms with Crippen LogP contribution in [-0.2, 0) is 6.42 Å². The van der Waals surface area contributed by atoms with Crippen molar-refractivity contribution >= 4 is 11.8 Å². The summed E-state index contributed by atoms with van der Waals surface area (Å²) in [7, 11) is 0. The van der Waals surface area contributed by atoms with Gasteiger partial charge in [-0.25, -0.2) is 4.79 Å². The minimum absolute atomic E-state index is 0.0115. The van der Waals surface area contributed by atoms with Gasteiger partial charge in [-0.3, -0.25) is 4.79 Å². The summed E-state index contributed by atoms with van der Waals surface area (Å²) in [5, 5.41) is 9.00. The fraction of sp³-hybridized carbons (Fsp3) is 0.385. The molecule has 0 saturated carbocycles. The third kappa shape index (κ3) is 2.13. The summed E-state index contributed by atoms with van der Waals surface area (Å²) in [5.41, 5.74) is 2.31. The van der Waals surface area contributed by atoms with Gasteiger partial charge in [0.15, 0.2) is 5.78 Å². The van der Waals surface area contributed by atoms with Gasteiger partial charge in [0.25, 0.3) is 0 Å². The van der Waals surface area contributed by atoms with Gasteiger partial charge in [-0.1, -0.05) is 19.9 Å². The van der Waals surface area contributed by atoms with Gasteiger partial charge in [0, 0.05) is 12.0 Å².